The summed E-state index contributed by atoms with van der Waals surface area (Å²) in [5.41, 5.74) is 1.36. The van der Waals surface area contributed by atoms with Gasteiger partial charge >= 0.3 is 0 Å². The molecule has 1 atom stereocenters. The predicted octanol–water partition coefficient (Wildman–Crippen LogP) is 2.72. The molecular formula is C13H16NO2P. The summed E-state index contributed by atoms with van der Waals surface area (Å²) in [6, 6.07) is 6.93. The number of carbonyl (C=O) groups is 2. The lowest BCUT2D eigenvalue weighted by molar-refractivity contribution is 0.107. The summed E-state index contributed by atoms with van der Waals surface area (Å²) in [4.78, 5) is 22.7. The second-order valence-corrected chi connectivity index (χ2v) is 5.54. The number of nitrogens with zero attached hydrogens (tertiary/aromatic N) is 1. The van der Waals surface area contributed by atoms with Gasteiger partial charge in [0, 0.05) is 32.9 Å². The highest BCUT2D eigenvalue weighted by Crippen LogP contribution is 2.27. The molecule has 3 nitrogen and oxygen atoms in total. The number of hydrogen-bond donors (Lipinski definition) is 0. The first-order valence-electron chi connectivity index (χ1n) is 5.91. The lowest BCUT2D eigenvalue weighted by Gasteiger charge is -2.25. The van der Waals surface area contributed by atoms with Crippen LogP contribution < -0.4 is 0 Å². The second-order valence-electron chi connectivity index (χ2n) is 4.23. The smallest absolute Gasteiger partial charge is 0.196 e. The molecule has 0 spiro atoms. The maximum Gasteiger partial charge on any atom is 0.196 e. The van der Waals surface area contributed by atoms with Crippen LogP contribution in [0.15, 0.2) is 24.3 Å². The summed E-state index contributed by atoms with van der Waals surface area (Å²) >= 11 is 0. The topological polar surface area (TPSA) is 37.4 Å². The highest BCUT2D eigenvalue weighted by Gasteiger charge is 2.15. The van der Waals surface area contributed by atoms with E-state index >= 15 is 0 Å². The summed E-state index contributed by atoms with van der Waals surface area (Å²) in [5, 5.41) is 0. The molecule has 0 amide bonds. The van der Waals surface area contributed by atoms with E-state index in [4.69, 9.17) is 0 Å². The van der Waals surface area contributed by atoms with Crippen LogP contribution in [-0.4, -0.2) is 29.6 Å². The summed E-state index contributed by atoms with van der Waals surface area (Å²) in [7, 11) is 0.209. The van der Waals surface area contributed by atoms with Gasteiger partial charge < -0.3 is 0 Å². The summed E-state index contributed by atoms with van der Waals surface area (Å²) in [6.45, 7) is 2.05. The summed E-state index contributed by atoms with van der Waals surface area (Å²) in [6.07, 6.45) is 4.43. The lowest BCUT2D eigenvalue weighted by atomic mass is 10.1. The minimum absolute atomic E-state index is 0.135. The van der Waals surface area contributed by atoms with Gasteiger partial charge in [-0.1, -0.05) is 24.6 Å². The van der Waals surface area contributed by atoms with Gasteiger partial charge in [0.05, 0.1) is 0 Å². The van der Waals surface area contributed by atoms with Gasteiger partial charge in [-0.15, -0.1) is 0 Å². The number of benzene rings is 1. The lowest BCUT2D eigenvalue weighted by Crippen LogP contribution is -2.23. The molecule has 0 bridgehead atoms. The Kier molecular flexibility index (Phi) is 4.41. The molecule has 1 unspecified atom stereocenters. The van der Waals surface area contributed by atoms with Crippen molar-refractivity contribution >= 4 is 20.5 Å². The molecule has 0 aliphatic carbocycles. The van der Waals surface area contributed by atoms with Gasteiger partial charge in [0.1, 0.15) is 6.29 Å². The van der Waals surface area contributed by atoms with Gasteiger partial charge in [-0.3, -0.25) is 14.3 Å². The Balaban J connectivity index is 2.00. The van der Waals surface area contributed by atoms with Crippen LogP contribution in [0.2, 0.25) is 0 Å². The molecular weight excluding hydrogens is 233 g/mol. The van der Waals surface area contributed by atoms with Crippen molar-refractivity contribution in [2.45, 2.75) is 19.3 Å². The number of carbonyl (C=O) groups excluding carboxylic acids is 2. The van der Waals surface area contributed by atoms with Crippen molar-refractivity contribution in [2.75, 3.05) is 13.1 Å². The third-order valence-electron chi connectivity index (χ3n) is 2.90. The van der Waals surface area contributed by atoms with Crippen LogP contribution in [-0.2, 0) is 0 Å². The Morgan fingerprint density at radius 2 is 2.00 bits per heavy atom. The fourth-order valence-corrected chi connectivity index (χ4v) is 3.08. The molecule has 1 saturated heterocycles. The van der Waals surface area contributed by atoms with Crippen molar-refractivity contribution in [2.24, 2.45) is 0 Å². The minimum Gasteiger partial charge on any atom is -0.298 e. The molecule has 1 aromatic rings. The number of piperidine rings is 1. The van der Waals surface area contributed by atoms with Gasteiger partial charge in [0.25, 0.3) is 0 Å². The van der Waals surface area contributed by atoms with Crippen LogP contribution in [0.3, 0.4) is 0 Å². The Bertz CT molecular complexity index is 414. The van der Waals surface area contributed by atoms with Crippen LogP contribution in [0, 0.1) is 0 Å². The molecule has 0 aromatic heterocycles. The van der Waals surface area contributed by atoms with E-state index in [1.54, 1.807) is 24.3 Å². The van der Waals surface area contributed by atoms with Crippen molar-refractivity contribution in [1.82, 2.24) is 4.67 Å². The van der Waals surface area contributed by atoms with E-state index < -0.39 is 0 Å². The highest BCUT2D eigenvalue weighted by atomic mass is 31.1. The van der Waals surface area contributed by atoms with Gasteiger partial charge in [-0.05, 0) is 18.9 Å². The predicted molar refractivity (Wildman–Crippen MR) is 69.9 cm³/mol. The Hall–Kier alpha value is -1.05. The Morgan fingerprint density at radius 3 is 2.71 bits per heavy atom. The largest absolute Gasteiger partial charge is 0.298 e. The van der Waals surface area contributed by atoms with Gasteiger partial charge in [-0.25, -0.2) is 0 Å². The van der Waals surface area contributed by atoms with E-state index in [1.807, 2.05) is 0 Å². The second kappa shape index (κ2) is 6.04. The standard InChI is InChI=1S/C13H16NO2P/c15-10-11-5-4-6-12(9-11)13(16)17-14-7-2-1-3-8-14/h4-6,9-10,17H,1-3,7-8H2. The number of aldehydes is 1. The molecule has 1 aliphatic heterocycles. The fourth-order valence-electron chi connectivity index (χ4n) is 1.97. The number of hydrogen-bond acceptors (Lipinski definition) is 3. The van der Waals surface area contributed by atoms with E-state index in [0.29, 0.717) is 11.1 Å². The third-order valence-corrected chi connectivity index (χ3v) is 4.16. The average molecular weight is 249 g/mol. The molecule has 0 radical (unpaired) electrons. The Morgan fingerprint density at radius 1 is 1.24 bits per heavy atom. The Labute approximate surface area is 103 Å². The summed E-state index contributed by atoms with van der Waals surface area (Å²) in [5.74, 6) is 0. The molecule has 0 saturated carbocycles. The molecule has 17 heavy (non-hydrogen) atoms. The van der Waals surface area contributed by atoms with Gasteiger partial charge in [0.2, 0.25) is 0 Å². The molecule has 4 heteroatoms. The van der Waals surface area contributed by atoms with Crippen molar-refractivity contribution in [3.8, 4) is 0 Å². The van der Waals surface area contributed by atoms with Crippen LogP contribution in [0.25, 0.3) is 0 Å². The zero-order valence-electron chi connectivity index (χ0n) is 9.69. The molecule has 0 N–H and O–H groups in total. The first kappa shape index (κ1) is 12.4. The van der Waals surface area contributed by atoms with E-state index in [2.05, 4.69) is 4.67 Å². The molecule has 2 rings (SSSR count). The summed E-state index contributed by atoms with van der Waals surface area (Å²) < 4.78 is 2.22. The maximum absolute atomic E-state index is 12.0. The van der Waals surface area contributed by atoms with E-state index in [1.165, 1.54) is 19.3 Å². The quantitative estimate of drug-likeness (QED) is 0.608. The van der Waals surface area contributed by atoms with Gasteiger partial charge in [-0.2, -0.15) is 0 Å². The maximum atomic E-state index is 12.0. The SMILES string of the molecule is O=Cc1cccc(C(=O)PN2CCCCC2)c1. The molecule has 1 aliphatic rings. The van der Waals surface area contributed by atoms with Crippen molar-refractivity contribution in [3.63, 3.8) is 0 Å². The first-order valence-corrected chi connectivity index (χ1v) is 6.85. The van der Waals surface area contributed by atoms with Crippen molar-refractivity contribution in [3.05, 3.63) is 35.4 Å². The molecule has 90 valence electrons. The van der Waals surface area contributed by atoms with E-state index in [0.717, 1.165) is 19.4 Å². The minimum atomic E-state index is 0.135. The zero-order valence-corrected chi connectivity index (χ0v) is 10.7. The van der Waals surface area contributed by atoms with Crippen molar-refractivity contribution in [1.29, 1.82) is 0 Å². The zero-order chi connectivity index (χ0) is 12.1. The molecule has 1 heterocycles. The van der Waals surface area contributed by atoms with E-state index in [-0.39, 0.29) is 14.3 Å². The van der Waals surface area contributed by atoms with E-state index in [9.17, 15) is 9.59 Å². The molecule has 1 fully saturated rings. The number of rotatable bonds is 4. The van der Waals surface area contributed by atoms with Crippen LogP contribution >= 0.6 is 8.73 Å². The first-order chi connectivity index (χ1) is 8.29. The van der Waals surface area contributed by atoms with Crippen LogP contribution in [0.4, 0.5) is 0 Å². The van der Waals surface area contributed by atoms with Crippen LogP contribution in [0.1, 0.15) is 40.0 Å². The monoisotopic (exact) mass is 249 g/mol. The fraction of sp³-hybridized carbons (Fsp3) is 0.385. The average Bonchev–Trinajstić information content (AvgIpc) is 2.40. The third kappa shape index (κ3) is 3.45. The van der Waals surface area contributed by atoms with Crippen LogP contribution in [0.5, 0.6) is 0 Å². The molecule has 1 aromatic carbocycles. The van der Waals surface area contributed by atoms with Crippen molar-refractivity contribution < 1.29 is 9.59 Å². The normalized spacial score (nSPS) is 17.4. The van der Waals surface area contributed by atoms with Gasteiger partial charge in [0.15, 0.2) is 5.52 Å². The highest BCUT2D eigenvalue weighted by molar-refractivity contribution is 7.56.